The van der Waals surface area contributed by atoms with E-state index in [2.05, 4.69) is 51.3 Å². The molecule has 0 aromatic heterocycles. The first kappa shape index (κ1) is 23.1. The fraction of sp³-hybridized carbons (Fsp3) is 0.500. The summed E-state index contributed by atoms with van der Waals surface area (Å²) in [5.74, 6) is 1.56. The van der Waals surface area contributed by atoms with Crippen molar-refractivity contribution in [3.63, 3.8) is 0 Å². The molecule has 0 bridgehead atoms. The van der Waals surface area contributed by atoms with Gasteiger partial charge in [0.05, 0.1) is 19.8 Å². The normalized spacial score (nSPS) is 14.6. The van der Waals surface area contributed by atoms with Crippen LogP contribution in [0.4, 0.5) is 0 Å². The van der Waals surface area contributed by atoms with E-state index in [0.717, 1.165) is 68.3 Å². The molecule has 0 atom stereocenters. The average Bonchev–Trinajstić information content (AvgIpc) is 2.76. The number of hydrogen-bond acceptors (Lipinski definition) is 5. The van der Waals surface area contributed by atoms with Crippen molar-refractivity contribution in [1.29, 1.82) is 0 Å². The summed E-state index contributed by atoms with van der Waals surface area (Å²) < 4.78 is 18.4. The molecule has 3 rings (SSSR count). The Morgan fingerprint density at radius 1 is 1.07 bits per heavy atom. The van der Waals surface area contributed by atoms with Crippen LogP contribution < -0.4 is 14.8 Å². The first-order chi connectivity index (χ1) is 14.7. The van der Waals surface area contributed by atoms with Crippen LogP contribution in [0.5, 0.6) is 11.5 Å². The molecule has 0 radical (unpaired) electrons. The zero-order valence-electron chi connectivity index (χ0n) is 18.1. The maximum absolute atomic E-state index is 6.11. The van der Waals surface area contributed by atoms with Crippen LogP contribution in [-0.2, 0) is 17.9 Å². The minimum Gasteiger partial charge on any atom is -0.490 e. The van der Waals surface area contributed by atoms with Crippen molar-refractivity contribution in [3.05, 3.63) is 57.6 Å². The monoisotopic (exact) mass is 476 g/mol. The van der Waals surface area contributed by atoms with Crippen molar-refractivity contribution in [2.75, 3.05) is 46.0 Å². The van der Waals surface area contributed by atoms with Crippen LogP contribution in [0.25, 0.3) is 0 Å². The molecule has 1 aliphatic rings. The number of ether oxygens (including phenoxy) is 3. The molecular weight excluding hydrogens is 444 g/mol. The maximum Gasteiger partial charge on any atom is 0.162 e. The molecule has 1 N–H and O–H groups in total. The van der Waals surface area contributed by atoms with Gasteiger partial charge < -0.3 is 19.5 Å². The molecule has 0 saturated carbocycles. The number of nitrogens with one attached hydrogen (secondary N) is 1. The van der Waals surface area contributed by atoms with Gasteiger partial charge in [0.1, 0.15) is 6.61 Å². The Hall–Kier alpha value is -1.60. The molecule has 0 amide bonds. The summed E-state index contributed by atoms with van der Waals surface area (Å²) in [4.78, 5) is 2.47. The van der Waals surface area contributed by atoms with Gasteiger partial charge in [-0.15, -0.1) is 0 Å². The Bertz CT molecular complexity index is 794. The molecule has 1 saturated heterocycles. The average molecular weight is 477 g/mol. The number of hydrogen-bond donors (Lipinski definition) is 1. The van der Waals surface area contributed by atoms with Gasteiger partial charge in [0.2, 0.25) is 0 Å². The summed E-state index contributed by atoms with van der Waals surface area (Å²) in [6.07, 6.45) is 1.13. The van der Waals surface area contributed by atoms with Gasteiger partial charge in [-0.2, -0.15) is 0 Å². The summed E-state index contributed by atoms with van der Waals surface area (Å²) >= 11 is 3.71. The van der Waals surface area contributed by atoms with Gasteiger partial charge in [-0.25, -0.2) is 0 Å². The minimum absolute atomic E-state index is 0.526. The molecule has 6 heteroatoms. The van der Waals surface area contributed by atoms with Gasteiger partial charge >= 0.3 is 0 Å². The van der Waals surface area contributed by atoms with Crippen molar-refractivity contribution < 1.29 is 14.2 Å². The summed E-state index contributed by atoms with van der Waals surface area (Å²) in [6.45, 7) is 11.9. The zero-order valence-corrected chi connectivity index (χ0v) is 19.7. The quantitative estimate of drug-likeness (QED) is 0.482. The van der Waals surface area contributed by atoms with E-state index in [1.54, 1.807) is 0 Å². The molecular formula is C24H33BrN2O3. The lowest BCUT2D eigenvalue weighted by atomic mass is 10.1. The third kappa shape index (κ3) is 6.98. The predicted octanol–water partition coefficient (Wildman–Crippen LogP) is 4.55. The second-order valence-corrected chi connectivity index (χ2v) is 8.38. The van der Waals surface area contributed by atoms with Crippen molar-refractivity contribution in [3.8, 4) is 11.5 Å². The summed E-state index contributed by atoms with van der Waals surface area (Å²) in [7, 11) is 0. The fourth-order valence-corrected chi connectivity index (χ4v) is 3.96. The van der Waals surface area contributed by atoms with E-state index in [0.29, 0.717) is 13.2 Å². The maximum atomic E-state index is 6.11. The Balaban J connectivity index is 1.53. The number of morpholine rings is 1. The van der Waals surface area contributed by atoms with Gasteiger partial charge in [0.15, 0.2) is 11.5 Å². The van der Waals surface area contributed by atoms with E-state index >= 15 is 0 Å². The van der Waals surface area contributed by atoms with E-state index < -0.39 is 0 Å². The second kappa shape index (κ2) is 12.3. The summed E-state index contributed by atoms with van der Waals surface area (Å²) in [5, 5.41) is 3.55. The summed E-state index contributed by atoms with van der Waals surface area (Å²) in [5.41, 5.74) is 3.59. The minimum atomic E-state index is 0.526. The lowest BCUT2D eigenvalue weighted by Crippen LogP contribution is -2.37. The Labute approximate surface area is 188 Å². The SMILES string of the molecule is CCOc1cc(CNCCCN2CCOCC2)c(Br)cc1OCc1ccccc1C. The molecule has 2 aromatic rings. The Kier molecular flexibility index (Phi) is 9.46. The van der Waals surface area contributed by atoms with Gasteiger partial charge in [0.25, 0.3) is 0 Å². The first-order valence-corrected chi connectivity index (χ1v) is 11.6. The lowest BCUT2D eigenvalue weighted by molar-refractivity contribution is 0.0374. The number of halogens is 1. The van der Waals surface area contributed by atoms with E-state index in [1.165, 1.54) is 16.7 Å². The van der Waals surface area contributed by atoms with Crippen LogP contribution in [0, 0.1) is 6.92 Å². The zero-order chi connectivity index (χ0) is 21.2. The smallest absolute Gasteiger partial charge is 0.162 e. The van der Waals surface area contributed by atoms with E-state index in [-0.39, 0.29) is 0 Å². The van der Waals surface area contributed by atoms with E-state index in [4.69, 9.17) is 14.2 Å². The molecule has 0 aliphatic carbocycles. The van der Waals surface area contributed by atoms with E-state index in [9.17, 15) is 0 Å². The van der Waals surface area contributed by atoms with Gasteiger partial charge in [0, 0.05) is 24.1 Å². The molecule has 30 heavy (non-hydrogen) atoms. The molecule has 2 aromatic carbocycles. The lowest BCUT2D eigenvalue weighted by Gasteiger charge is -2.26. The van der Waals surface area contributed by atoms with Crippen LogP contribution in [0.15, 0.2) is 40.9 Å². The highest BCUT2D eigenvalue weighted by Crippen LogP contribution is 2.34. The first-order valence-electron chi connectivity index (χ1n) is 10.8. The third-order valence-electron chi connectivity index (χ3n) is 5.30. The molecule has 5 nitrogen and oxygen atoms in total. The highest BCUT2D eigenvalue weighted by atomic mass is 79.9. The second-order valence-electron chi connectivity index (χ2n) is 7.52. The van der Waals surface area contributed by atoms with Crippen LogP contribution >= 0.6 is 15.9 Å². The molecule has 0 spiro atoms. The molecule has 164 valence electrons. The molecule has 1 aliphatic heterocycles. The van der Waals surface area contributed by atoms with Crippen molar-refractivity contribution >= 4 is 15.9 Å². The topological polar surface area (TPSA) is 43.0 Å². The predicted molar refractivity (Wildman–Crippen MR) is 124 cm³/mol. The number of aryl methyl sites for hydroxylation is 1. The van der Waals surface area contributed by atoms with Crippen LogP contribution in [0.2, 0.25) is 0 Å². The highest BCUT2D eigenvalue weighted by molar-refractivity contribution is 9.10. The van der Waals surface area contributed by atoms with Crippen molar-refractivity contribution in [2.24, 2.45) is 0 Å². The molecule has 1 heterocycles. The van der Waals surface area contributed by atoms with Crippen molar-refractivity contribution in [2.45, 2.75) is 33.4 Å². The van der Waals surface area contributed by atoms with Crippen molar-refractivity contribution in [1.82, 2.24) is 10.2 Å². The highest BCUT2D eigenvalue weighted by Gasteiger charge is 2.12. The van der Waals surface area contributed by atoms with Gasteiger partial charge in [-0.1, -0.05) is 40.2 Å². The van der Waals surface area contributed by atoms with Crippen LogP contribution in [0.1, 0.15) is 30.0 Å². The van der Waals surface area contributed by atoms with Crippen LogP contribution in [0.3, 0.4) is 0 Å². The standard InChI is InChI=1S/C24H33BrN2O3/c1-3-29-23-15-21(17-26-9-6-10-27-11-13-28-14-12-27)22(25)16-24(23)30-18-20-8-5-4-7-19(20)2/h4-5,7-8,15-16,26H,3,6,9-14,17-18H2,1-2H3. The molecule has 0 unspecified atom stereocenters. The molecule has 1 fully saturated rings. The van der Waals surface area contributed by atoms with Crippen LogP contribution in [-0.4, -0.2) is 50.9 Å². The van der Waals surface area contributed by atoms with Gasteiger partial charge in [-0.3, -0.25) is 4.90 Å². The fourth-order valence-electron chi connectivity index (χ4n) is 3.50. The van der Waals surface area contributed by atoms with Gasteiger partial charge in [-0.05, 0) is 62.2 Å². The Morgan fingerprint density at radius 3 is 2.60 bits per heavy atom. The summed E-state index contributed by atoms with van der Waals surface area (Å²) in [6, 6.07) is 12.4. The third-order valence-corrected chi connectivity index (χ3v) is 6.04. The number of nitrogens with zero attached hydrogens (tertiary/aromatic N) is 1. The van der Waals surface area contributed by atoms with E-state index in [1.807, 2.05) is 25.1 Å². The largest absolute Gasteiger partial charge is 0.490 e. The number of benzene rings is 2. The number of rotatable bonds is 11. The Morgan fingerprint density at radius 2 is 1.83 bits per heavy atom.